The molecule has 0 bridgehead atoms. The normalized spacial score (nSPS) is 20.1. The Labute approximate surface area is 147 Å². The molecule has 2 aromatic rings. The lowest BCUT2D eigenvalue weighted by Gasteiger charge is -2.27. The smallest absolute Gasteiger partial charge is 0.254 e. The summed E-state index contributed by atoms with van der Waals surface area (Å²) in [4.78, 5) is 20.3. The molecule has 0 unspecified atom stereocenters. The van der Waals surface area contributed by atoms with Crippen molar-refractivity contribution in [1.29, 1.82) is 0 Å². The number of aromatic nitrogens is 2. The summed E-state index contributed by atoms with van der Waals surface area (Å²) in [5.74, 6) is 0.346. The molecule has 1 saturated carbocycles. The highest BCUT2D eigenvalue weighted by Crippen LogP contribution is 2.23. The number of hydrogen-bond acceptors (Lipinski definition) is 6. The van der Waals surface area contributed by atoms with Crippen LogP contribution in [-0.2, 0) is 0 Å². The fourth-order valence-electron chi connectivity index (χ4n) is 2.96. The van der Waals surface area contributed by atoms with Crippen LogP contribution in [-0.4, -0.2) is 28.0 Å². The second kappa shape index (κ2) is 7.48. The van der Waals surface area contributed by atoms with E-state index in [2.05, 4.69) is 20.6 Å². The number of nitrogens with zero attached hydrogens (tertiary/aromatic N) is 2. The monoisotopic (exact) mass is 340 g/mol. The van der Waals surface area contributed by atoms with E-state index in [9.17, 15) is 4.79 Å². The maximum atomic E-state index is 11.7. The fourth-order valence-corrected chi connectivity index (χ4v) is 2.96. The summed E-state index contributed by atoms with van der Waals surface area (Å²) >= 11 is 0. The number of rotatable bonds is 5. The van der Waals surface area contributed by atoms with E-state index in [1.807, 2.05) is 31.2 Å². The van der Waals surface area contributed by atoms with Gasteiger partial charge in [-0.2, -0.15) is 4.98 Å². The van der Waals surface area contributed by atoms with Gasteiger partial charge in [0.15, 0.2) is 0 Å². The van der Waals surface area contributed by atoms with Crippen molar-refractivity contribution in [3.05, 3.63) is 41.6 Å². The van der Waals surface area contributed by atoms with E-state index in [1.54, 1.807) is 0 Å². The van der Waals surface area contributed by atoms with Gasteiger partial charge in [-0.1, -0.05) is 17.7 Å². The van der Waals surface area contributed by atoms with E-state index in [0.29, 0.717) is 17.3 Å². The molecule has 0 radical (unpaired) electrons. The average molecular weight is 340 g/mol. The molecule has 1 aromatic carbocycles. The highest BCUT2D eigenvalue weighted by atomic mass is 16.1. The molecule has 1 amide bonds. The predicted octanol–water partition coefficient (Wildman–Crippen LogP) is 2.31. The number of carbonyl (C=O) groups excluding carboxylic acids is 1. The van der Waals surface area contributed by atoms with Crippen molar-refractivity contribution in [1.82, 2.24) is 9.97 Å². The first-order chi connectivity index (χ1) is 12.0. The summed E-state index contributed by atoms with van der Waals surface area (Å²) in [7, 11) is 0. The molecule has 1 fully saturated rings. The van der Waals surface area contributed by atoms with Crippen molar-refractivity contribution >= 4 is 23.4 Å². The van der Waals surface area contributed by atoms with Crippen molar-refractivity contribution in [3.63, 3.8) is 0 Å². The molecule has 3 rings (SSSR count). The number of primary amides is 1. The van der Waals surface area contributed by atoms with Crippen molar-refractivity contribution in [2.45, 2.75) is 44.7 Å². The first-order valence-electron chi connectivity index (χ1n) is 8.54. The zero-order valence-corrected chi connectivity index (χ0v) is 14.3. The van der Waals surface area contributed by atoms with Crippen molar-refractivity contribution in [3.8, 4) is 0 Å². The molecule has 25 heavy (non-hydrogen) atoms. The van der Waals surface area contributed by atoms with Gasteiger partial charge in [-0.15, -0.1) is 0 Å². The molecule has 1 aromatic heterocycles. The fraction of sp³-hybridized carbons (Fsp3) is 0.389. The molecular formula is C18H24N6O. The van der Waals surface area contributed by atoms with Gasteiger partial charge >= 0.3 is 0 Å². The zero-order chi connectivity index (χ0) is 17.8. The van der Waals surface area contributed by atoms with E-state index in [4.69, 9.17) is 11.5 Å². The Hall–Kier alpha value is -2.67. The first-order valence-corrected chi connectivity index (χ1v) is 8.54. The van der Waals surface area contributed by atoms with Crippen LogP contribution in [0, 0.1) is 6.92 Å². The molecule has 1 aliphatic rings. The number of hydrogen-bond donors (Lipinski definition) is 4. The van der Waals surface area contributed by atoms with E-state index in [-0.39, 0.29) is 12.1 Å². The van der Waals surface area contributed by atoms with Gasteiger partial charge in [0, 0.05) is 24.0 Å². The van der Waals surface area contributed by atoms with Crippen molar-refractivity contribution in [2.24, 2.45) is 11.5 Å². The Morgan fingerprint density at radius 1 is 1.16 bits per heavy atom. The summed E-state index contributed by atoms with van der Waals surface area (Å²) in [5, 5.41) is 6.49. The summed E-state index contributed by atoms with van der Waals surface area (Å²) < 4.78 is 0. The van der Waals surface area contributed by atoms with Crippen molar-refractivity contribution in [2.75, 3.05) is 10.6 Å². The summed E-state index contributed by atoms with van der Waals surface area (Å²) in [5.41, 5.74) is 13.8. The third-order valence-corrected chi connectivity index (χ3v) is 4.47. The maximum Gasteiger partial charge on any atom is 0.254 e. The second-order valence-corrected chi connectivity index (χ2v) is 6.57. The molecule has 7 heteroatoms. The largest absolute Gasteiger partial charge is 0.367 e. The van der Waals surface area contributed by atoms with Crippen molar-refractivity contribution < 1.29 is 4.79 Å². The first kappa shape index (κ1) is 17.2. The Morgan fingerprint density at radius 2 is 1.84 bits per heavy atom. The molecule has 132 valence electrons. The third-order valence-electron chi connectivity index (χ3n) is 4.47. The van der Waals surface area contributed by atoms with E-state index in [1.165, 1.54) is 11.8 Å². The maximum absolute atomic E-state index is 11.7. The SMILES string of the molecule is Cc1ccc(Nc2ncc(C(N)=O)c(NC3CCC(N)CC3)n2)cc1. The average Bonchev–Trinajstić information content (AvgIpc) is 2.59. The Balaban J connectivity index is 1.79. The number of nitrogens with two attached hydrogens (primary N) is 2. The lowest BCUT2D eigenvalue weighted by Crippen LogP contribution is -2.33. The van der Waals surface area contributed by atoms with Gasteiger partial charge in [-0.3, -0.25) is 4.79 Å². The van der Waals surface area contributed by atoms with E-state index in [0.717, 1.165) is 31.4 Å². The van der Waals surface area contributed by atoms with Crippen LogP contribution in [0.3, 0.4) is 0 Å². The van der Waals surface area contributed by atoms with Gasteiger partial charge < -0.3 is 22.1 Å². The van der Waals surface area contributed by atoms with E-state index < -0.39 is 5.91 Å². The molecule has 0 aliphatic heterocycles. The molecule has 1 heterocycles. The molecule has 0 atom stereocenters. The lowest BCUT2D eigenvalue weighted by molar-refractivity contribution is 0.100. The van der Waals surface area contributed by atoms with Gasteiger partial charge in [-0.05, 0) is 44.7 Å². The highest BCUT2D eigenvalue weighted by molar-refractivity contribution is 5.97. The van der Waals surface area contributed by atoms with Crippen LogP contribution in [0.25, 0.3) is 0 Å². The van der Waals surface area contributed by atoms with Gasteiger partial charge in [-0.25, -0.2) is 4.98 Å². The Bertz CT molecular complexity index is 738. The molecule has 0 spiro atoms. The van der Waals surface area contributed by atoms with Crippen LogP contribution < -0.4 is 22.1 Å². The van der Waals surface area contributed by atoms with Crippen LogP contribution in [0.5, 0.6) is 0 Å². The minimum absolute atomic E-state index is 0.236. The highest BCUT2D eigenvalue weighted by Gasteiger charge is 2.21. The van der Waals surface area contributed by atoms with Gasteiger partial charge in [0.25, 0.3) is 5.91 Å². The molecule has 0 saturated heterocycles. The van der Waals surface area contributed by atoms with Gasteiger partial charge in [0.05, 0.1) is 5.56 Å². The number of anilines is 3. The molecular weight excluding hydrogens is 316 g/mol. The van der Waals surface area contributed by atoms with Crippen LogP contribution in [0.15, 0.2) is 30.5 Å². The third kappa shape index (κ3) is 4.45. The van der Waals surface area contributed by atoms with Crippen LogP contribution >= 0.6 is 0 Å². The Kier molecular flexibility index (Phi) is 5.14. The van der Waals surface area contributed by atoms with E-state index >= 15 is 0 Å². The second-order valence-electron chi connectivity index (χ2n) is 6.57. The van der Waals surface area contributed by atoms with Crippen LogP contribution in [0.4, 0.5) is 17.5 Å². The quantitative estimate of drug-likeness (QED) is 0.663. The topological polar surface area (TPSA) is 119 Å². The number of amides is 1. The molecule has 6 N–H and O–H groups in total. The summed E-state index contributed by atoms with van der Waals surface area (Å²) in [6, 6.07) is 8.42. The number of nitrogens with one attached hydrogen (secondary N) is 2. The zero-order valence-electron chi connectivity index (χ0n) is 14.3. The minimum Gasteiger partial charge on any atom is -0.367 e. The van der Waals surface area contributed by atoms with Crippen LogP contribution in [0.1, 0.15) is 41.6 Å². The van der Waals surface area contributed by atoms with Gasteiger partial charge in [0.1, 0.15) is 5.82 Å². The Morgan fingerprint density at radius 3 is 2.48 bits per heavy atom. The number of aryl methyl sites for hydroxylation is 1. The standard InChI is InChI=1S/C18H24N6O/c1-11-2-6-14(7-3-11)23-18-21-10-15(16(20)25)17(24-18)22-13-8-4-12(19)5-9-13/h2-3,6-7,10,12-13H,4-5,8-9,19H2,1H3,(H2,20,25)(H2,21,22,23,24). The van der Waals surface area contributed by atoms with Gasteiger partial charge in [0.2, 0.25) is 5.95 Å². The lowest BCUT2D eigenvalue weighted by atomic mass is 9.92. The molecule has 1 aliphatic carbocycles. The number of carbonyl (C=O) groups is 1. The minimum atomic E-state index is -0.545. The predicted molar refractivity (Wildman–Crippen MR) is 98.9 cm³/mol. The summed E-state index contributed by atoms with van der Waals surface area (Å²) in [6.07, 6.45) is 5.28. The summed E-state index contributed by atoms with van der Waals surface area (Å²) in [6.45, 7) is 2.03. The molecule has 7 nitrogen and oxygen atoms in total. The number of benzene rings is 1. The van der Waals surface area contributed by atoms with Crippen LogP contribution in [0.2, 0.25) is 0 Å².